The summed E-state index contributed by atoms with van der Waals surface area (Å²) in [5.41, 5.74) is 0.407. The van der Waals surface area contributed by atoms with E-state index in [0.717, 1.165) is 0 Å². The van der Waals surface area contributed by atoms with Gasteiger partial charge in [-0.2, -0.15) is 0 Å². The lowest BCUT2D eigenvalue weighted by Gasteiger charge is -2.05. The predicted octanol–water partition coefficient (Wildman–Crippen LogP) is 3.22. The molecule has 0 N–H and O–H groups in total. The molecule has 0 heterocycles. The van der Waals surface area contributed by atoms with Crippen LogP contribution in [0.5, 0.6) is 0 Å². The third-order valence-corrected chi connectivity index (χ3v) is 4.58. The molecule has 2 rings (SSSR count). The number of rotatable bonds is 4. The molecule has 2 aromatic carbocycles. The minimum absolute atomic E-state index is 0.0751. The van der Waals surface area contributed by atoms with Crippen molar-refractivity contribution in [2.24, 2.45) is 0 Å². The van der Waals surface area contributed by atoms with E-state index in [1.54, 1.807) is 12.1 Å². The number of non-ortho nitro benzene ring substituents is 1. The van der Waals surface area contributed by atoms with Gasteiger partial charge in [-0.15, -0.1) is 0 Å². The zero-order valence-corrected chi connectivity index (χ0v) is 11.8. The van der Waals surface area contributed by atoms with Crippen LogP contribution in [0.2, 0.25) is 5.02 Å². The molecule has 104 valence electrons. The zero-order valence-electron chi connectivity index (χ0n) is 10.2. The Kier molecular flexibility index (Phi) is 4.06. The summed E-state index contributed by atoms with van der Waals surface area (Å²) in [6.07, 6.45) is 0. The Balaban J connectivity index is 2.26. The van der Waals surface area contributed by atoms with Crippen LogP contribution in [-0.4, -0.2) is 13.3 Å². The summed E-state index contributed by atoms with van der Waals surface area (Å²) >= 11 is 5.77. The Morgan fingerprint density at radius 2 is 1.75 bits per heavy atom. The van der Waals surface area contributed by atoms with Crippen LogP contribution in [0, 0.1) is 10.1 Å². The highest BCUT2D eigenvalue weighted by molar-refractivity contribution is 7.90. The fraction of sp³-hybridized carbons (Fsp3) is 0.0769. The van der Waals surface area contributed by atoms with E-state index >= 15 is 0 Å². The lowest BCUT2D eigenvalue weighted by Crippen LogP contribution is -2.05. The van der Waals surface area contributed by atoms with Gasteiger partial charge in [0, 0.05) is 17.2 Å². The highest BCUT2D eigenvalue weighted by atomic mass is 35.5. The van der Waals surface area contributed by atoms with Crippen LogP contribution in [0.1, 0.15) is 5.56 Å². The third kappa shape index (κ3) is 3.34. The van der Waals surface area contributed by atoms with Gasteiger partial charge in [0.2, 0.25) is 0 Å². The van der Waals surface area contributed by atoms with Gasteiger partial charge in [-0.25, -0.2) is 8.42 Å². The molecule has 0 fully saturated rings. The maximum atomic E-state index is 12.2. The number of benzene rings is 2. The first-order valence-corrected chi connectivity index (χ1v) is 7.63. The number of hydrogen-bond donors (Lipinski definition) is 0. The first-order valence-electron chi connectivity index (χ1n) is 5.60. The van der Waals surface area contributed by atoms with E-state index in [4.69, 9.17) is 11.6 Å². The Bertz CT molecular complexity index is 741. The zero-order chi connectivity index (χ0) is 14.8. The molecule has 2 aromatic rings. The number of nitro groups is 1. The van der Waals surface area contributed by atoms with E-state index < -0.39 is 14.8 Å². The topological polar surface area (TPSA) is 77.3 Å². The summed E-state index contributed by atoms with van der Waals surface area (Å²) in [5, 5.41) is 10.9. The first kappa shape index (κ1) is 14.5. The van der Waals surface area contributed by atoms with Gasteiger partial charge in [0.05, 0.1) is 15.6 Å². The highest BCUT2D eigenvalue weighted by Crippen LogP contribution is 2.21. The molecule has 0 atom stereocenters. The maximum Gasteiger partial charge on any atom is 0.269 e. The van der Waals surface area contributed by atoms with Crippen LogP contribution in [0.4, 0.5) is 5.69 Å². The standard InChI is InChI=1S/C13H10ClNO4S/c14-11-2-1-3-13(8-11)20(18,19)9-10-4-6-12(7-5-10)15(16)17/h1-8H,9H2. The Labute approximate surface area is 120 Å². The normalized spacial score (nSPS) is 11.2. The summed E-state index contributed by atoms with van der Waals surface area (Å²) in [4.78, 5) is 10.1. The number of nitrogens with zero attached hydrogens (tertiary/aromatic N) is 1. The monoisotopic (exact) mass is 311 g/mol. The summed E-state index contributed by atoms with van der Waals surface area (Å²) in [6, 6.07) is 11.4. The van der Waals surface area contributed by atoms with Crippen molar-refractivity contribution in [2.45, 2.75) is 10.6 Å². The van der Waals surface area contributed by atoms with Crippen molar-refractivity contribution in [3.63, 3.8) is 0 Å². The summed E-state index contributed by atoms with van der Waals surface area (Å²) in [7, 11) is -3.52. The van der Waals surface area contributed by atoms with E-state index in [9.17, 15) is 18.5 Å². The van der Waals surface area contributed by atoms with Crippen molar-refractivity contribution in [3.05, 3.63) is 69.2 Å². The van der Waals surface area contributed by atoms with Crippen molar-refractivity contribution in [1.29, 1.82) is 0 Å². The first-order chi connectivity index (χ1) is 9.38. The molecule has 5 nitrogen and oxygen atoms in total. The van der Waals surface area contributed by atoms with Crippen molar-refractivity contribution < 1.29 is 13.3 Å². The van der Waals surface area contributed by atoms with E-state index in [-0.39, 0.29) is 16.3 Å². The molecule has 0 amide bonds. The minimum Gasteiger partial charge on any atom is -0.258 e. The molecule has 0 aliphatic carbocycles. The van der Waals surface area contributed by atoms with Gasteiger partial charge in [0.25, 0.3) is 5.69 Å². The molecule has 0 aliphatic rings. The Hall–Kier alpha value is -1.92. The second kappa shape index (κ2) is 5.60. The second-order valence-electron chi connectivity index (χ2n) is 4.14. The molecule has 0 radical (unpaired) electrons. The smallest absolute Gasteiger partial charge is 0.258 e. The average Bonchev–Trinajstić information content (AvgIpc) is 2.39. The molecule has 7 heteroatoms. The van der Waals surface area contributed by atoms with Gasteiger partial charge >= 0.3 is 0 Å². The van der Waals surface area contributed by atoms with Crippen LogP contribution < -0.4 is 0 Å². The largest absolute Gasteiger partial charge is 0.269 e. The quantitative estimate of drug-likeness (QED) is 0.641. The third-order valence-electron chi connectivity index (χ3n) is 2.66. The Morgan fingerprint density at radius 3 is 2.30 bits per heavy atom. The van der Waals surface area contributed by atoms with E-state index in [1.807, 2.05) is 0 Å². The second-order valence-corrected chi connectivity index (χ2v) is 6.57. The maximum absolute atomic E-state index is 12.2. The number of halogens is 1. The van der Waals surface area contributed by atoms with E-state index in [2.05, 4.69) is 0 Å². The van der Waals surface area contributed by atoms with Crippen molar-refractivity contribution in [3.8, 4) is 0 Å². The van der Waals surface area contributed by atoms with Crippen molar-refractivity contribution in [2.75, 3.05) is 0 Å². The fourth-order valence-electron chi connectivity index (χ4n) is 1.68. The average molecular weight is 312 g/mol. The predicted molar refractivity (Wildman–Crippen MR) is 75.4 cm³/mol. The lowest BCUT2D eigenvalue weighted by atomic mass is 10.2. The van der Waals surface area contributed by atoms with E-state index in [0.29, 0.717) is 10.6 Å². The van der Waals surface area contributed by atoms with Gasteiger partial charge in [0.1, 0.15) is 0 Å². The van der Waals surface area contributed by atoms with Crippen LogP contribution >= 0.6 is 11.6 Å². The summed E-state index contributed by atoms with van der Waals surface area (Å²) in [5.74, 6) is -0.231. The summed E-state index contributed by atoms with van der Waals surface area (Å²) < 4.78 is 24.4. The van der Waals surface area contributed by atoms with Crippen LogP contribution in [0.25, 0.3) is 0 Å². The number of hydrogen-bond acceptors (Lipinski definition) is 4. The van der Waals surface area contributed by atoms with Gasteiger partial charge < -0.3 is 0 Å². The van der Waals surface area contributed by atoms with E-state index in [1.165, 1.54) is 36.4 Å². The minimum atomic E-state index is -3.52. The fourth-order valence-corrected chi connectivity index (χ4v) is 3.32. The molecule has 0 aliphatic heterocycles. The molecule has 20 heavy (non-hydrogen) atoms. The number of nitro benzene ring substituents is 1. The molecular formula is C13H10ClNO4S. The molecule has 0 saturated carbocycles. The number of sulfone groups is 1. The van der Waals surface area contributed by atoms with Crippen LogP contribution in [0.15, 0.2) is 53.4 Å². The molecule has 0 saturated heterocycles. The summed E-state index contributed by atoms with van der Waals surface area (Å²) in [6.45, 7) is 0. The molecule has 0 spiro atoms. The van der Waals surface area contributed by atoms with Gasteiger partial charge in [-0.1, -0.05) is 29.8 Å². The van der Waals surface area contributed by atoms with Crippen LogP contribution in [0.3, 0.4) is 0 Å². The highest BCUT2D eigenvalue weighted by Gasteiger charge is 2.16. The molecule has 0 unspecified atom stereocenters. The lowest BCUT2D eigenvalue weighted by molar-refractivity contribution is -0.384. The van der Waals surface area contributed by atoms with Gasteiger partial charge in [-0.3, -0.25) is 10.1 Å². The van der Waals surface area contributed by atoms with Crippen LogP contribution in [-0.2, 0) is 15.6 Å². The Morgan fingerprint density at radius 1 is 1.10 bits per heavy atom. The van der Waals surface area contributed by atoms with Gasteiger partial charge in [0.15, 0.2) is 9.84 Å². The van der Waals surface area contributed by atoms with Gasteiger partial charge in [-0.05, 0) is 23.8 Å². The molecule has 0 bridgehead atoms. The van der Waals surface area contributed by atoms with Crippen molar-refractivity contribution >= 4 is 27.1 Å². The molecular weight excluding hydrogens is 302 g/mol. The SMILES string of the molecule is O=[N+]([O-])c1ccc(CS(=O)(=O)c2cccc(Cl)c2)cc1. The molecule has 0 aromatic heterocycles. The van der Waals surface area contributed by atoms with Crippen molar-refractivity contribution in [1.82, 2.24) is 0 Å².